The first kappa shape index (κ1) is 13.1. The highest BCUT2D eigenvalue weighted by molar-refractivity contribution is 5.69. The minimum absolute atomic E-state index is 0.313. The Morgan fingerprint density at radius 2 is 1.47 bits per heavy atom. The lowest BCUT2D eigenvalue weighted by Gasteiger charge is -2.11. The van der Waals surface area contributed by atoms with Crippen LogP contribution < -0.4 is 9.47 Å². The summed E-state index contributed by atoms with van der Waals surface area (Å²) in [6.07, 6.45) is 0.660. The number of methoxy groups -OCH3 is 1. The minimum atomic E-state index is -0.313. The maximum absolute atomic E-state index is 11.1. The number of carbonyl (C=O) groups excluding carboxylic acids is 1. The molecule has 0 aromatic heterocycles. The van der Waals surface area contributed by atoms with E-state index < -0.39 is 0 Å². The Balaban J connectivity index is 2.30. The summed E-state index contributed by atoms with van der Waals surface area (Å²) in [5.41, 5.74) is 2.02. The number of benzene rings is 2. The molecule has 3 heteroatoms. The zero-order valence-corrected chi connectivity index (χ0v) is 11.1. The van der Waals surface area contributed by atoms with E-state index in [1.807, 2.05) is 42.5 Å². The van der Waals surface area contributed by atoms with E-state index in [0.717, 1.165) is 16.9 Å². The van der Waals surface area contributed by atoms with Crippen LogP contribution in [0.1, 0.15) is 18.1 Å². The molecule has 0 bridgehead atoms. The van der Waals surface area contributed by atoms with Crippen LogP contribution in [0.25, 0.3) is 0 Å². The normalized spacial score (nSPS) is 10.0. The van der Waals surface area contributed by atoms with Gasteiger partial charge in [-0.25, -0.2) is 0 Å². The van der Waals surface area contributed by atoms with Crippen molar-refractivity contribution in [2.45, 2.75) is 13.3 Å². The zero-order valence-electron chi connectivity index (χ0n) is 11.1. The maximum Gasteiger partial charge on any atom is 0.308 e. The average Bonchev–Trinajstić information content (AvgIpc) is 2.41. The van der Waals surface area contributed by atoms with Crippen LogP contribution in [-0.4, -0.2) is 13.1 Å². The van der Waals surface area contributed by atoms with E-state index in [2.05, 4.69) is 0 Å². The molecule has 3 nitrogen and oxygen atoms in total. The van der Waals surface area contributed by atoms with Gasteiger partial charge in [-0.1, -0.05) is 36.4 Å². The van der Waals surface area contributed by atoms with Crippen molar-refractivity contribution < 1.29 is 14.3 Å². The topological polar surface area (TPSA) is 35.5 Å². The third kappa shape index (κ3) is 3.35. The molecule has 0 saturated carbocycles. The van der Waals surface area contributed by atoms with E-state index in [1.165, 1.54) is 6.92 Å². The van der Waals surface area contributed by atoms with Crippen molar-refractivity contribution in [1.29, 1.82) is 0 Å². The van der Waals surface area contributed by atoms with Gasteiger partial charge in [0.1, 0.15) is 11.5 Å². The minimum Gasteiger partial charge on any atom is -0.496 e. The van der Waals surface area contributed by atoms with Crippen molar-refractivity contribution in [3.8, 4) is 11.5 Å². The fourth-order valence-electron chi connectivity index (χ4n) is 1.96. The Bertz CT molecular complexity index is 576. The van der Waals surface area contributed by atoms with E-state index in [4.69, 9.17) is 9.47 Å². The van der Waals surface area contributed by atoms with Gasteiger partial charge >= 0.3 is 5.97 Å². The number of hydrogen-bond donors (Lipinski definition) is 0. The summed E-state index contributed by atoms with van der Waals surface area (Å²) in [6, 6.07) is 15.3. The van der Waals surface area contributed by atoms with E-state index in [0.29, 0.717) is 12.2 Å². The third-order valence-electron chi connectivity index (χ3n) is 2.80. The van der Waals surface area contributed by atoms with Gasteiger partial charge in [0, 0.05) is 13.3 Å². The molecule has 19 heavy (non-hydrogen) atoms. The van der Waals surface area contributed by atoms with Crippen LogP contribution in [0.4, 0.5) is 0 Å². The summed E-state index contributed by atoms with van der Waals surface area (Å²) in [5.74, 6) is 1.12. The summed E-state index contributed by atoms with van der Waals surface area (Å²) in [7, 11) is 1.65. The molecule has 2 aromatic rings. The van der Waals surface area contributed by atoms with Gasteiger partial charge in [-0.05, 0) is 23.3 Å². The largest absolute Gasteiger partial charge is 0.496 e. The SMILES string of the molecule is COc1ccccc1Cc1ccccc1OC(C)=O. The Labute approximate surface area is 112 Å². The molecule has 0 atom stereocenters. The van der Waals surface area contributed by atoms with Gasteiger partial charge in [0.25, 0.3) is 0 Å². The number of para-hydroxylation sites is 2. The molecular formula is C16H16O3. The highest BCUT2D eigenvalue weighted by Crippen LogP contribution is 2.26. The predicted molar refractivity (Wildman–Crippen MR) is 73.6 cm³/mol. The Morgan fingerprint density at radius 1 is 0.947 bits per heavy atom. The highest BCUT2D eigenvalue weighted by atomic mass is 16.5. The molecule has 0 fully saturated rings. The van der Waals surface area contributed by atoms with Crippen LogP contribution >= 0.6 is 0 Å². The van der Waals surface area contributed by atoms with E-state index in [-0.39, 0.29) is 5.97 Å². The van der Waals surface area contributed by atoms with Crippen molar-refractivity contribution in [2.75, 3.05) is 7.11 Å². The van der Waals surface area contributed by atoms with Gasteiger partial charge in [-0.15, -0.1) is 0 Å². The number of esters is 1. The second kappa shape index (κ2) is 6.05. The Kier molecular flexibility index (Phi) is 4.18. The monoisotopic (exact) mass is 256 g/mol. The fraction of sp³-hybridized carbons (Fsp3) is 0.188. The molecule has 0 N–H and O–H groups in total. The quantitative estimate of drug-likeness (QED) is 0.622. The molecule has 0 amide bonds. The number of rotatable bonds is 4. The molecule has 0 unspecified atom stereocenters. The van der Waals surface area contributed by atoms with Crippen LogP contribution in [0.15, 0.2) is 48.5 Å². The van der Waals surface area contributed by atoms with Crippen molar-refractivity contribution in [3.63, 3.8) is 0 Å². The van der Waals surface area contributed by atoms with Gasteiger partial charge in [0.05, 0.1) is 7.11 Å². The standard InChI is InChI=1S/C16H16O3/c1-12(17)19-16-10-6-4-8-14(16)11-13-7-3-5-9-15(13)18-2/h3-10H,11H2,1-2H3. The fourth-order valence-corrected chi connectivity index (χ4v) is 1.96. The molecule has 0 aliphatic carbocycles. The maximum atomic E-state index is 11.1. The van der Waals surface area contributed by atoms with Gasteiger partial charge in [-0.3, -0.25) is 4.79 Å². The molecule has 2 aromatic carbocycles. The first-order valence-electron chi connectivity index (χ1n) is 6.09. The van der Waals surface area contributed by atoms with Gasteiger partial charge < -0.3 is 9.47 Å². The first-order chi connectivity index (χ1) is 9.20. The molecule has 0 spiro atoms. The van der Waals surface area contributed by atoms with Crippen molar-refractivity contribution >= 4 is 5.97 Å². The molecular weight excluding hydrogens is 240 g/mol. The highest BCUT2D eigenvalue weighted by Gasteiger charge is 2.09. The van der Waals surface area contributed by atoms with Crippen LogP contribution in [0.2, 0.25) is 0 Å². The van der Waals surface area contributed by atoms with E-state index in [9.17, 15) is 4.79 Å². The number of hydrogen-bond acceptors (Lipinski definition) is 3. The second-order valence-corrected chi connectivity index (χ2v) is 4.19. The molecule has 2 rings (SSSR count). The lowest BCUT2D eigenvalue weighted by molar-refractivity contribution is -0.131. The van der Waals surface area contributed by atoms with Crippen LogP contribution in [0, 0.1) is 0 Å². The smallest absolute Gasteiger partial charge is 0.308 e. The molecule has 0 aliphatic rings. The van der Waals surface area contributed by atoms with Crippen molar-refractivity contribution in [3.05, 3.63) is 59.7 Å². The summed E-state index contributed by atoms with van der Waals surface area (Å²) in [4.78, 5) is 11.1. The molecule has 0 saturated heterocycles. The molecule has 98 valence electrons. The summed E-state index contributed by atoms with van der Waals surface area (Å²) in [5, 5.41) is 0. The van der Waals surface area contributed by atoms with Crippen molar-refractivity contribution in [2.24, 2.45) is 0 Å². The lowest BCUT2D eigenvalue weighted by atomic mass is 10.0. The average molecular weight is 256 g/mol. The van der Waals surface area contributed by atoms with Crippen molar-refractivity contribution in [1.82, 2.24) is 0 Å². The van der Waals surface area contributed by atoms with Gasteiger partial charge in [0.2, 0.25) is 0 Å². The van der Waals surface area contributed by atoms with Crippen LogP contribution in [0.5, 0.6) is 11.5 Å². The van der Waals surface area contributed by atoms with E-state index in [1.54, 1.807) is 13.2 Å². The summed E-state index contributed by atoms with van der Waals surface area (Å²) >= 11 is 0. The summed E-state index contributed by atoms with van der Waals surface area (Å²) < 4.78 is 10.5. The predicted octanol–water partition coefficient (Wildman–Crippen LogP) is 3.21. The van der Waals surface area contributed by atoms with E-state index >= 15 is 0 Å². The lowest BCUT2D eigenvalue weighted by Crippen LogP contribution is -2.04. The molecule has 0 aliphatic heterocycles. The second-order valence-electron chi connectivity index (χ2n) is 4.19. The first-order valence-corrected chi connectivity index (χ1v) is 6.09. The number of ether oxygens (including phenoxy) is 2. The molecule has 0 radical (unpaired) electrons. The van der Waals surface area contributed by atoms with Gasteiger partial charge in [-0.2, -0.15) is 0 Å². The van der Waals surface area contributed by atoms with Crippen LogP contribution in [-0.2, 0) is 11.2 Å². The van der Waals surface area contributed by atoms with Crippen LogP contribution in [0.3, 0.4) is 0 Å². The van der Waals surface area contributed by atoms with Gasteiger partial charge in [0.15, 0.2) is 0 Å². The Morgan fingerprint density at radius 3 is 2.05 bits per heavy atom. The number of carbonyl (C=O) groups is 1. The molecule has 0 heterocycles. The summed E-state index contributed by atoms with van der Waals surface area (Å²) in [6.45, 7) is 1.40. The Hall–Kier alpha value is -2.29. The zero-order chi connectivity index (χ0) is 13.7. The third-order valence-corrected chi connectivity index (χ3v) is 2.80.